The molecule has 1 aromatic heterocycles. The lowest BCUT2D eigenvalue weighted by Gasteiger charge is -2.03. The van der Waals surface area contributed by atoms with Gasteiger partial charge in [0.15, 0.2) is 5.15 Å². The van der Waals surface area contributed by atoms with Crippen LogP contribution in [0.2, 0.25) is 5.15 Å². The van der Waals surface area contributed by atoms with Crippen molar-refractivity contribution < 1.29 is 0 Å². The third-order valence-electron chi connectivity index (χ3n) is 2.49. The lowest BCUT2D eigenvalue weighted by Crippen LogP contribution is -1.81. The Labute approximate surface area is 102 Å². The van der Waals surface area contributed by atoms with Crippen molar-refractivity contribution in [2.45, 2.75) is 0 Å². The predicted molar refractivity (Wildman–Crippen MR) is 67.9 cm³/mol. The Hall–Kier alpha value is -1.45. The van der Waals surface area contributed by atoms with Gasteiger partial charge in [-0.15, -0.1) is 0 Å². The number of rotatable bonds is 1. The molecular formula is C12H7ClN2S. The van der Waals surface area contributed by atoms with Gasteiger partial charge in [-0.2, -0.15) is 8.75 Å². The van der Waals surface area contributed by atoms with Gasteiger partial charge in [0.1, 0.15) is 5.69 Å². The van der Waals surface area contributed by atoms with E-state index >= 15 is 0 Å². The van der Waals surface area contributed by atoms with Crippen LogP contribution < -0.4 is 0 Å². The standard InChI is InChI=1S/C12H7ClN2S/c13-12-11(14-16-15-12)10-7-3-5-8-4-1-2-6-9(8)10/h1-7H. The van der Waals surface area contributed by atoms with E-state index in [-0.39, 0.29) is 0 Å². The Balaban J connectivity index is 2.36. The molecule has 0 aliphatic heterocycles. The number of hydrogen-bond acceptors (Lipinski definition) is 3. The summed E-state index contributed by atoms with van der Waals surface area (Å²) in [5.74, 6) is 0. The maximum atomic E-state index is 6.01. The Morgan fingerprint density at radius 1 is 0.938 bits per heavy atom. The van der Waals surface area contributed by atoms with Crippen molar-refractivity contribution in [1.29, 1.82) is 0 Å². The summed E-state index contributed by atoms with van der Waals surface area (Å²) in [7, 11) is 0. The second-order valence-corrected chi connectivity index (χ2v) is 4.32. The van der Waals surface area contributed by atoms with Gasteiger partial charge >= 0.3 is 0 Å². The van der Waals surface area contributed by atoms with Crippen molar-refractivity contribution in [2.24, 2.45) is 0 Å². The molecule has 0 fully saturated rings. The summed E-state index contributed by atoms with van der Waals surface area (Å²) in [6.45, 7) is 0. The maximum Gasteiger partial charge on any atom is 0.170 e. The molecule has 0 aliphatic rings. The van der Waals surface area contributed by atoms with Gasteiger partial charge in [-0.05, 0) is 10.8 Å². The van der Waals surface area contributed by atoms with E-state index in [0.717, 1.165) is 28.4 Å². The first-order valence-corrected chi connectivity index (χ1v) is 5.93. The van der Waals surface area contributed by atoms with Gasteiger partial charge in [0.2, 0.25) is 0 Å². The van der Waals surface area contributed by atoms with Gasteiger partial charge in [0, 0.05) is 5.56 Å². The average molecular weight is 247 g/mol. The Morgan fingerprint density at radius 3 is 2.56 bits per heavy atom. The molecule has 0 atom stereocenters. The first kappa shape index (κ1) is 9.75. The van der Waals surface area contributed by atoms with E-state index in [2.05, 4.69) is 26.9 Å². The predicted octanol–water partition coefficient (Wildman–Crippen LogP) is 4.01. The molecule has 16 heavy (non-hydrogen) atoms. The van der Waals surface area contributed by atoms with Crippen LogP contribution in [0.1, 0.15) is 0 Å². The number of nitrogens with zero attached hydrogens (tertiary/aromatic N) is 2. The third-order valence-corrected chi connectivity index (χ3v) is 3.39. The molecule has 1 heterocycles. The number of halogens is 1. The summed E-state index contributed by atoms with van der Waals surface area (Å²) in [4.78, 5) is 0. The quantitative estimate of drug-likeness (QED) is 0.648. The van der Waals surface area contributed by atoms with Gasteiger partial charge < -0.3 is 0 Å². The summed E-state index contributed by atoms with van der Waals surface area (Å²) in [5.41, 5.74) is 1.81. The Kier molecular flexibility index (Phi) is 2.35. The van der Waals surface area contributed by atoms with Gasteiger partial charge in [-0.1, -0.05) is 54.1 Å². The zero-order chi connectivity index (χ0) is 11.0. The SMILES string of the molecule is Clc1nsnc1-c1cccc2ccccc12. The molecule has 3 rings (SSSR count). The smallest absolute Gasteiger partial charge is 0.170 e. The van der Waals surface area contributed by atoms with E-state index in [0.29, 0.717) is 5.15 Å². The Bertz CT molecular complexity index is 643. The zero-order valence-corrected chi connectivity index (χ0v) is 9.79. The van der Waals surface area contributed by atoms with Crippen LogP contribution in [0.5, 0.6) is 0 Å². The normalized spacial score (nSPS) is 10.8. The highest BCUT2D eigenvalue weighted by molar-refractivity contribution is 6.99. The molecule has 0 radical (unpaired) electrons. The van der Waals surface area contributed by atoms with E-state index in [1.165, 1.54) is 5.39 Å². The van der Waals surface area contributed by atoms with Crippen molar-refractivity contribution in [1.82, 2.24) is 8.75 Å². The molecule has 0 saturated carbocycles. The summed E-state index contributed by atoms with van der Waals surface area (Å²) >= 11 is 7.15. The molecule has 3 aromatic rings. The minimum Gasteiger partial charge on any atom is -0.171 e. The van der Waals surface area contributed by atoms with E-state index < -0.39 is 0 Å². The molecule has 0 amide bonds. The minimum atomic E-state index is 0.473. The molecule has 0 saturated heterocycles. The summed E-state index contributed by atoms with van der Waals surface area (Å²) in [6.07, 6.45) is 0. The lowest BCUT2D eigenvalue weighted by molar-refractivity contribution is 1.51. The highest BCUT2D eigenvalue weighted by atomic mass is 35.5. The largest absolute Gasteiger partial charge is 0.171 e. The summed E-state index contributed by atoms with van der Waals surface area (Å²) < 4.78 is 8.23. The van der Waals surface area contributed by atoms with Gasteiger partial charge in [0.05, 0.1) is 11.7 Å². The fourth-order valence-electron chi connectivity index (χ4n) is 1.77. The molecule has 4 heteroatoms. The zero-order valence-electron chi connectivity index (χ0n) is 8.22. The maximum absolute atomic E-state index is 6.01. The number of benzene rings is 2. The van der Waals surface area contributed by atoms with Crippen LogP contribution in [0.15, 0.2) is 42.5 Å². The van der Waals surface area contributed by atoms with Crippen molar-refractivity contribution in [3.63, 3.8) is 0 Å². The fourth-order valence-corrected chi connectivity index (χ4v) is 2.52. The second kappa shape index (κ2) is 3.85. The van der Waals surface area contributed by atoms with Crippen LogP contribution in [0.4, 0.5) is 0 Å². The van der Waals surface area contributed by atoms with Gasteiger partial charge in [-0.25, -0.2) is 0 Å². The molecule has 2 aromatic carbocycles. The van der Waals surface area contributed by atoms with Crippen LogP contribution in [0, 0.1) is 0 Å². The highest BCUT2D eigenvalue weighted by Gasteiger charge is 2.10. The molecule has 0 bridgehead atoms. The molecule has 0 N–H and O–H groups in total. The molecule has 0 spiro atoms. The summed E-state index contributed by atoms with van der Waals surface area (Å²) in [6, 6.07) is 14.3. The van der Waals surface area contributed by atoms with Crippen molar-refractivity contribution in [3.8, 4) is 11.3 Å². The molecule has 2 nitrogen and oxygen atoms in total. The van der Waals surface area contributed by atoms with Crippen molar-refractivity contribution >= 4 is 34.1 Å². The van der Waals surface area contributed by atoms with Crippen LogP contribution in [-0.4, -0.2) is 8.75 Å². The van der Waals surface area contributed by atoms with E-state index in [1.807, 2.05) is 24.3 Å². The third kappa shape index (κ3) is 1.49. The topological polar surface area (TPSA) is 25.8 Å². The first-order valence-electron chi connectivity index (χ1n) is 4.82. The highest BCUT2D eigenvalue weighted by Crippen LogP contribution is 2.31. The van der Waals surface area contributed by atoms with Crippen LogP contribution >= 0.6 is 23.3 Å². The Morgan fingerprint density at radius 2 is 1.75 bits per heavy atom. The number of hydrogen-bond donors (Lipinski definition) is 0. The second-order valence-electron chi connectivity index (χ2n) is 3.43. The lowest BCUT2D eigenvalue weighted by atomic mass is 10.0. The fraction of sp³-hybridized carbons (Fsp3) is 0. The molecule has 0 unspecified atom stereocenters. The minimum absolute atomic E-state index is 0.473. The number of aromatic nitrogens is 2. The van der Waals surface area contributed by atoms with Crippen molar-refractivity contribution in [2.75, 3.05) is 0 Å². The monoisotopic (exact) mass is 246 g/mol. The van der Waals surface area contributed by atoms with Crippen LogP contribution in [0.25, 0.3) is 22.0 Å². The van der Waals surface area contributed by atoms with Gasteiger partial charge in [0.25, 0.3) is 0 Å². The van der Waals surface area contributed by atoms with Crippen LogP contribution in [0.3, 0.4) is 0 Å². The number of fused-ring (bicyclic) bond motifs is 1. The van der Waals surface area contributed by atoms with Gasteiger partial charge in [-0.3, -0.25) is 0 Å². The van der Waals surface area contributed by atoms with E-state index in [1.54, 1.807) is 0 Å². The summed E-state index contributed by atoms with van der Waals surface area (Å²) in [5, 5.41) is 2.81. The molecular weight excluding hydrogens is 240 g/mol. The van der Waals surface area contributed by atoms with E-state index in [4.69, 9.17) is 11.6 Å². The van der Waals surface area contributed by atoms with Crippen LogP contribution in [-0.2, 0) is 0 Å². The molecule has 78 valence electrons. The van der Waals surface area contributed by atoms with E-state index in [9.17, 15) is 0 Å². The average Bonchev–Trinajstić information content (AvgIpc) is 2.75. The first-order chi connectivity index (χ1) is 7.86. The van der Waals surface area contributed by atoms with Crippen molar-refractivity contribution in [3.05, 3.63) is 47.6 Å². The molecule has 0 aliphatic carbocycles.